The maximum atomic E-state index is 12.5. The Hall–Kier alpha value is -3.73. The lowest BCUT2D eigenvalue weighted by atomic mass is 10.1. The summed E-state index contributed by atoms with van der Waals surface area (Å²) >= 11 is 0. The van der Waals surface area contributed by atoms with Crippen molar-refractivity contribution in [3.05, 3.63) is 88.7 Å². The molecule has 4 aromatic rings. The third kappa shape index (κ3) is 3.42. The molecule has 0 bridgehead atoms. The van der Waals surface area contributed by atoms with Crippen LogP contribution in [0.1, 0.15) is 5.56 Å². The molecule has 2 N–H and O–H groups in total. The van der Waals surface area contributed by atoms with Crippen molar-refractivity contribution in [1.82, 2.24) is 4.98 Å². The quantitative estimate of drug-likeness (QED) is 0.541. The SMILES string of the molecule is COc1ccc2c(O)c(-c3ccc(OCc4ccccc4)cc3)[nH]c(=O)c2c1. The van der Waals surface area contributed by atoms with E-state index in [0.29, 0.717) is 40.1 Å². The maximum Gasteiger partial charge on any atom is 0.256 e. The van der Waals surface area contributed by atoms with E-state index in [1.54, 1.807) is 30.3 Å². The molecule has 140 valence electrons. The van der Waals surface area contributed by atoms with Gasteiger partial charge in [-0.05, 0) is 48.0 Å². The molecule has 1 heterocycles. The van der Waals surface area contributed by atoms with Crippen LogP contribution in [0.15, 0.2) is 77.6 Å². The van der Waals surface area contributed by atoms with Crippen molar-refractivity contribution in [1.29, 1.82) is 0 Å². The van der Waals surface area contributed by atoms with Gasteiger partial charge in [0.2, 0.25) is 0 Å². The first-order valence-corrected chi connectivity index (χ1v) is 8.86. The Bertz CT molecular complexity index is 1170. The number of aromatic nitrogens is 1. The summed E-state index contributed by atoms with van der Waals surface area (Å²) in [7, 11) is 1.53. The molecule has 4 rings (SSSR count). The third-order valence-electron chi connectivity index (χ3n) is 4.59. The highest BCUT2D eigenvalue weighted by molar-refractivity contribution is 5.93. The van der Waals surface area contributed by atoms with Crippen LogP contribution < -0.4 is 15.0 Å². The van der Waals surface area contributed by atoms with Crippen LogP contribution in [0.5, 0.6) is 17.2 Å². The van der Waals surface area contributed by atoms with Crippen molar-refractivity contribution in [2.24, 2.45) is 0 Å². The number of H-pyrrole nitrogens is 1. The Morgan fingerprint density at radius 3 is 2.32 bits per heavy atom. The van der Waals surface area contributed by atoms with Crippen LogP contribution in [0.3, 0.4) is 0 Å². The van der Waals surface area contributed by atoms with Gasteiger partial charge in [0.15, 0.2) is 0 Å². The van der Waals surface area contributed by atoms with Crippen LogP contribution in [0.25, 0.3) is 22.0 Å². The first-order chi connectivity index (χ1) is 13.7. The number of aromatic hydroxyl groups is 1. The van der Waals surface area contributed by atoms with Crippen molar-refractivity contribution in [3.63, 3.8) is 0 Å². The summed E-state index contributed by atoms with van der Waals surface area (Å²) in [5, 5.41) is 11.5. The van der Waals surface area contributed by atoms with E-state index in [1.165, 1.54) is 7.11 Å². The normalized spacial score (nSPS) is 10.8. The van der Waals surface area contributed by atoms with Gasteiger partial charge in [-0.15, -0.1) is 0 Å². The van der Waals surface area contributed by atoms with E-state index in [1.807, 2.05) is 42.5 Å². The summed E-state index contributed by atoms with van der Waals surface area (Å²) in [5.74, 6) is 1.29. The van der Waals surface area contributed by atoms with E-state index in [-0.39, 0.29) is 11.3 Å². The highest BCUT2D eigenvalue weighted by Gasteiger charge is 2.13. The molecule has 0 saturated carbocycles. The molecular weight excluding hydrogens is 354 g/mol. The summed E-state index contributed by atoms with van der Waals surface area (Å²) < 4.78 is 10.9. The zero-order valence-corrected chi connectivity index (χ0v) is 15.3. The molecule has 0 radical (unpaired) electrons. The summed E-state index contributed by atoms with van der Waals surface area (Å²) in [6, 6.07) is 22.1. The zero-order valence-electron chi connectivity index (χ0n) is 15.3. The highest BCUT2D eigenvalue weighted by Crippen LogP contribution is 2.34. The topological polar surface area (TPSA) is 71.5 Å². The van der Waals surface area contributed by atoms with Gasteiger partial charge in [0, 0.05) is 10.9 Å². The van der Waals surface area contributed by atoms with E-state index < -0.39 is 0 Å². The minimum Gasteiger partial charge on any atom is -0.505 e. The molecular formula is C23H19NO4. The Morgan fingerprint density at radius 2 is 1.61 bits per heavy atom. The van der Waals surface area contributed by atoms with Gasteiger partial charge in [0.05, 0.1) is 18.2 Å². The number of hydrogen-bond donors (Lipinski definition) is 2. The zero-order chi connectivity index (χ0) is 19.5. The lowest BCUT2D eigenvalue weighted by molar-refractivity contribution is 0.306. The number of fused-ring (bicyclic) bond motifs is 1. The highest BCUT2D eigenvalue weighted by atomic mass is 16.5. The van der Waals surface area contributed by atoms with Crippen LogP contribution >= 0.6 is 0 Å². The van der Waals surface area contributed by atoms with Crippen molar-refractivity contribution < 1.29 is 14.6 Å². The second-order valence-electron chi connectivity index (χ2n) is 6.39. The van der Waals surface area contributed by atoms with Crippen LogP contribution in [0.2, 0.25) is 0 Å². The van der Waals surface area contributed by atoms with E-state index in [9.17, 15) is 9.90 Å². The fourth-order valence-corrected chi connectivity index (χ4v) is 3.09. The number of benzene rings is 3. The third-order valence-corrected chi connectivity index (χ3v) is 4.59. The molecule has 0 fully saturated rings. The van der Waals surface area contributed by atoms with Crippen molar-refractivity contribution in [3.8, 4) is 28.5 Å². The molecule has 28 heavy (non-hydrogen) atoms. The summed E-state index contributed by atoms with van der Waals surface area (Å²) in [5.41, 5.74) is 1.86. The van der Waals surface area contributed by atoms with Gasteiger partial charge in [0.1, 0.15) is 23.9 Å². The lowest BCUT2D eigenvalue weighted by Crippen LogP contribution is -2.08. The fraction of sp³-hybridized carbons (Fsp3) is 0.0870. The predicted molar refractivity (Wildman–Crippen MR) is 109 cm³/mol. The molecule has 0 aliphatic carbocycles. The Kier molecular flexibility index (Phi) is 4.72. The number of nitrogens with one attached hydrogen (secondary N) is 1. The molecule has 0 spiro atoms. The predicted octanol–water partition coefficient (Wildman–Crippen LogP) is 4.49. The summed E-state index contributed by atoms with van der Waals surface area (Å²) in [6.07, 6.45) is 0. The molecule has 0 atom stereocenters. The summed E-state index contributed by atoms with van der Waals surface area (Å²) in [6.45, 7) is 0.472. The molecule has 1 aromatic heterocycles. The van der Waals surface area contributed by atoms with Gasteiger partial charge in [-0.25, -0.2) is 0 Å². The van der Waals surface area contributed by atoms with E-state index in [0.717, 1.165) is 5.56 Å². The number of ether oxygens (including phenoxy) is 2. The fourth-order valence-electron chi connectivity index (χ4n) is 3.09. The van der Waals surface area contributed by atoms with E-state index in [4.69, 9.17) is 9.47 Å². The van der Waals surface area contributed by atoms with Crippen LogP contribution in [-0.2, 0) is 6.61 Å². The molecule has 0 unspecified atom stereocenters. The number of pyridine rings is 1. The average Bonchev–Trinajstić information content (AvgIpc) is 2.75. The first-order valence-electron chi connectivity index (χ1n) is 8.86. The molecule has 5 heteroatoms. The minimum absolute atomic E-state index is 0.0233. The Labute approximate surface area is 161 Å². The van der Waals surface area contributed by atoms with Gasteiger partial charge in [0.25, 0.3) is 5.56 Å². The largest absolute Gasteiger partial charge is 0.505 e. The minimum atomic E-state index is -0.286. The van der Waals surface area contributed by atoms with Crippen molar-refractivity contribution in [2.45, 2.75) is 6.61 Å². The number of hydrogen-bond acceptors (Lipinski definition) is 4. The van der Waals surface area contributed by atoms with E-state index in [2.05, 4.69) is 4.98 Å². The monoisotopic (exact) mass is 373 g/mol. The van der Waals surface area contributed by atoms with Crippen molar-refractivity contribution in [2.75, 3.05) is 7.11 Å². The molecule has 0 aliphatic rings. The van der Waals surface area contributed by atoms with Crippen LogP contribution in [0.4, 0.5) is 0 Å². The Morgan fingerprint density at radius 1 is 0.893 bits per heavy atom. The van der Waals surface area contributed by atoms with Gasteiger partial charge in [-0.2, -0.15) is 0 Å². The second kappa shape index (κ2) is 7.48. The van der Waals surface area contributed by atoms with Gasteiger partial charge < -0.3 is 19.6 Å². The number of aromatic amines is 1. The number of methoxy groups -OCH3 is 1. The van der Waals surface area contributed by atoms with Gasteiger partial charge >= 0.3 is 0 Å². The molecule has 0 saturated heterocycles. The molecule has 0 amide bonds. The summed E-state index contributed by atoms with van der Waals surface area (Å²) in [4.78, 5) is 15.2. The first kappa shape index (κ1) is 17.7. The van der Waals surface area contributed by atoms with Crippen molar-refractivity contribution >= 4 is 10.8 Å². The molecule has 5 nitrogen and oxygen atoms in total. The molecule has 3 aromatic carbocycles. The standard InChI is InChI=1S/C23H19NO4/c1-27-18-11-12-19-20(13-18)23(26)24-21(22(19)25)16-7-9-17(10-8-16)28-14-15-5-3-2-4-6-15/h2-13,25H,14H2,1H3,(H,24,26). The Balaban J connectivity index is 1.63. The van der Waals surface area contributed by atoms with Gasteiger partial charge in [-0.1, -0.05) is 30.3 Å². The second-order valence-corrected chi connectivity index (χ2v) is 6.39. The lowest BCUT2D eigenvalue weighted by Gasteiger charge is -2.10. The van der Waals surface area contributed by atoms with Crippen LogP contribution in [0, 0.1) is 0 Å². The smallest absolute Gasteiger partial charge is 0.256 e. The number of rotatable bonds is 5. The van der Waals surface area contributed by atoms with Crippen LogP contribution in [-0.4, -0.2) is 17.2 Å². The maximum absolute atomic E-state index is 12.5. The van der Waals surface area contributed by atoms with E-state index >= 15 is 0 Å². The molecule has 0 aliphatic heterocycles. The average molecular weight is 373 g/mol. The van der Waals surface area contributed by atoms with Gasteiger partial charge in [-0.3, -0.25) is 4.79 Å².